The van der Waals surface area contributed by atoms with Crippen molar-refractivity contribution in [2.24, 2.45) is 0 Å². The first-order valence-electron chi connectivity index (χ1n) is 7.11. The highest BCUT2D eigenvalue weighted by molar-refractivity contribution is 7.91. The summed E-state index contributed by atoms with van der Waals surface area (Å²) in [5.41, 5.74) is 0.677. The van der Waals surface area contributed by atoms with E-state index in [1.54, 1.807) is 12.1 Å². The van der Waals surface area contributed by atoms with E-state index in [0.717, 1.165) is 11.3 Å². The molecule has 0 saturated heterocycles. The van der Waals surface area contributed by atoms with Crippen molar-refractivity contribution < 1.29 is 22.3 Å². The molecule has 8 heteroatoms. The van der Waals surface area contributed by atoms with Gasteiger partial charge in [0.1, 0.15) is 10.0 Å². The summed E-state index contributed by atoms with van der Waals surface area (Å²) in [5.74, 6) is -0.546. The molecule has 130 valence electrons. The summed E-state index contributed by atoms with van der Waals surface area (Å²) < 4.78 is 44.9. The fraction of sp³-hybridized carbons (Fsp3) is 0.312. The van der Waals surface area contributed by atoms with E-state index in [1.807, 2.05) is 0 Å². The summed E-state index contributed by atoms with van der Waals surface area (Å²) in [5, 5.41) is 0. The van der Waals surface area contributed by atoms with Gasteiger partial charge in [-0.3, -0.25) is 4.79 Å². The number of methoxy groups -OCH3 is 1. The molecule has 2 rings (SSSR count). The number of benzene rings is 1. The van der Waals surface area contributed by atoms with Gasteiger partial charge in [-0.25, -0.2) is 12.8 Å². The van der Waals surface area contributed by atoms with Crippen molar-refractivity contribution in [1.82, 2.24) is 4.31 Å². The minimum absolute atomic E-state index is 0.0672. The number of hydrogen-bond acceptors (Lipinski definition) is 5. The first-order valence-corrected chi connectivity index (χ1v) is 9.36. The minimum atomic E-state index is -3.73. The zero-order valence-electron chi connectivity index (χ0n) is 13.5. The lowest BCUT2D eigenvalue weighted by atomic mass is 10.1. The van der Waals surface area contributed by atoms with Crippen LogP contribution in [0.25, 0.3) is 0 Å². The Bertz CT molecular complexity index is 815. The number of ketones is 1. The van der Waals surface area contributed by atoms with Crippen LogP contribution in [-0.4, -0.2) is 39.2 Å². The van der Waals surface area contributed by atoms with E-state index in [4.69, 9.17) is 4.74 Å². The van der Waals surface area contributed by atoms with Gasteiger partial charge in [0, 0.05) is 20.7 Å². The van der Waals surface area contributed by atoms with Gasteiger partial charge in [0.2, 0.25) is 0 Å². The van der Waals surface area contributed by atoms with E-state index >= 15 is 0 Å². The Morgan fingerprint density at radius 1 is 1.25 bits per heavy atom. The number of Topliss-reactive ketones (excluding diaryl/α,β-unsaturated/α-hetero) is 1. The Balaban J connectivity index is 2.20. The van der Waals surface area contributed by atoms with Crippen LogP contribution < -0.4 is 0 Å². The number of carbonyl (C=O) groups excluding carboxylic acids is 1. The number of halogens is 1. The van der Waals surface area contributed by atoms with Crippen molar-refractivity contribution >= 4 is 27.1 Å². The molecule has 0 amide bonds. The molecular weight excluding hydrogens is 353 g/mol. The number of hydrogen-bond donors (Lipinski definition) is 0. The lowest BCUT2D eigenvalue weighted by Crippen LogP contribution is -2.31. The summed E-state index contributed by atoms with van der Waals surface area (Å²) in [7, 11) is -0.819. The molecule has 0 N–H and O–H groups in total. The summed E-state index contributed by atoms with van der Waals surface area (Å²) in [6, 6.07) is 8.64. The quantitative estimate of drug-likeness (QED) is 0.702. The normalized spacial score (nSPS) is 13.2. The van der Waals surface area contributed by atoms with Gasteiger partial charge in [-0.2, -0.15) is 4.31 Å². The maximum atomic E-state index is 13.0. The average molecular weight is 371 g/mol. The summed E-state index contributed by atoms with van der Waals surface area (Å²) >= 11 is 0.939. The maximum absolute atomic E-state index is 13.0. The van der Waals surface area contributed by atoms with Crippen LogP contribution in [0, 0.1) is 5.82 Å². The van der Waals surface area contributed by atoms with Crippen molar-refractivity contribution in [2.75, 3.05) is 20.7 Å². The molecule has 1 aromatic heterocycles. The van der Waals surface area contributed by atoms with Crippen molar-refractivity contribution in [3.8, 4) is 0 Å². The molecule has 0 saturated carbocycles. The lowest BCUT2D eigenvalue weighted by Gasteiger charge is -2.22. The summed E-state index contributed by atoms with van der Waals surface area (Å²) in [6.45, 7) is 1.46. The number of thiophene rings is 1. The topological polar surface area (TPSA) is 63.7 Å². The molecule has 1 heterocycles. The third kappa shape index (κ3) is 4.07. The minimum Gasteiger partial charge on any atom is -0.375 e. The monoisotopic (exact) mass is 371 g/mol. The zero-order valence-corrected chi connectivity index (χ0v) is 15.2. The summed E-state index contributed by atoms with van der Waals surface area (Å²) in [4.78, 5) is 11.7. The molecule has 5 nitrogen and oxygen atoms in total. The van der Waals surface area contributed by atoms with Gasteiger partial charge in [-0.15, -0.1) is 11.3 Å². The van der Waals surface area contributed by atoms with Crippen LogP contribution in [0.4, 0.5) is 4.39 Å². The number of sulfonamides is 1. The number of likely N-dealkylation sites (N-methyl/N-ethyl adjacent to an activating group) is 1. The van der Waals surface area contributed by atoms with Gasteiger partial charge in [0.05, 0.1) is 11.0 Å². The molecular formula is C16H18FNO4S2. The van der Waals surface area contributed by atoms with Gasteiger partial charge in [-0.1, -0.05) is 12.1 Å². The Hall–Kier alpha value is -1.61. The van der Waals surface area contributed by atoms with Crippen molar-refractivity contribution in [1.29, 1.82) is 0 Å². The van der Waals surface area contributed by atoms with Gasteiger partial charge in [0.25, 0.3) is 10.0 Å². The van der Waals surface area contributed by atoms with Gasteiger partial charge >= 0.3 is 0 Å². The number of nitrogens with zero attached hydrogens (tertiary/aromatic N) is 1. The lowest BCUT2D eigenvalue weighted by molar-refractivity contribution is 0.0891. The Labute approximate surface area is 144 Å². The largest absolute Gasteiger partial charge is 0.375 e. The Kier molecular flexibility index (Phi) is 5.87. The first-order chi connectivity index (χ1) is 11.3. The fourth-order valence-corrected chi connectivity index (χ4v) is 4.71. The third-order valence-corrected chi connectivity index (χ3v) is 7.02. The number of rotatable bonds is 7. The molecule has 0 bridgehead atoms. The van der Waals surface area contributed by atoms with E-state index in [2.05, 4.69) is 0 Å². The average Bonchev–Trinajstić information content (AvgIpc) is 3.04. The predicted octanol–water partition coefficient (Wildman–Crippen LogP) is 3.10. The zero-order chi connectivity index (χ0) is 17.9. The highest BCUT2D eigenvalue weighted by atomic mass is 32.2. The second-order valence-electron chi connectivity index (χ2n) is 5.24. The molecule has 0 aliphatic heterocycles. The number of ether oxygens (including phenoxy) is 1. The van der Waals surface area contributed by atoms with Crippen molar-refractivity contribution in [2.45, 2.75) is 17.2 Å². The van der Waals surface area contributed by atoms with Gasteiger partial charge < -0.3 is 4.74 Å². The SMILES string of the molecule is COC(CN(C)S(=O)(=O)c1ccc(C(C)=O)s1)c1ccc(F)cc1. The van der Waals surface area contributed by atoms with E-state index in [1.165, 1.54) is 49.7 Å². The van der Waals surface area contributed by atoms with E-state index in [9.17, 15) is 17.6 Å². The van der Waals surface area contributed by atoms with Crippen LogP contribution in [0.3, 0.4) is 0 Å². The molecule has 0 aliphatic carbocycles. The molecule has 0 aliphatic rings. The van der Waals surface area contributed by atoms with Crippen LogP contribution in [0.1, 0.15) is 28.3 Å². The first kappa shape index (κ1) is 18.7. The van der Waals surface area contributed by atoms with E-state index < -0.39 is 16.1 Å². The Morgan fingerprint density at radius 2 is 1.88 bits per heavy atom. The fourth-order valence-electron chi connectivity index (χ4n) is 2.13. The van der Waals surface area contributed by atoms with Crippen LogP contribution in [0.15, 0.2) is 40.6 Å². The molecule has 0 fully saturated rings. The molecule has 2 aromatic rings. The van der Waals surface area contributed by atoms with Crippen LogP contribution in [-0.2, 0) is 14.8 Å². The smallest absolute Gasteiger partial charge is 0.252 e. The second kappa shape index (κ2) is 7.52. The summed E-state index contributed by atoms with van der Waals surface area (Å²) in [6.07, 6.45) is -0.530. The predicted molar refractivity (Wildman–Crippen MR) is 90.3 cm³/mol. The second-order valence-corrected chi connectivity index (χ2v) is 8.59. The molecule has 1 atom stereocenters. The van der Waals surface area contributed by atoms with Crippen molar-refractivity contribution in [3.05, 3.63) is 52.7 Å². The van der Waals surface area contributed by atoms with Gasteiger partial charge in [0.15, 0.2) is 5.78 Å². The molecule has 1 unspecified atom stereocenters. The number of carbonyl (C=O) groups is 1. The van der Waals surface area contributed by atoms with Crippen molar-refractivity contribution in [3.63, 3.8) is 0 Å². The van der Waals surface area contributed by atoms with Gasteiger partial charge in [-0.05, 0) is 36.8 Å². The maximum Gasteiger partial charge on any atom is 0.252 e. The molecule has 0 spiro atoms. The molecule has 1 aromatic carbocycles. The van der Waals surface area contributed by atoms with Crippen LogP contribution in [0.5, 0.6) is 0 Å². The molecule has 0 radical (unpaired) electrons. The van der Waals surface area contributed by atoms with E-state index in [0.29, 0.717) is 10.4 Å². The van der Waals surface area contributed by atoms with Crippen LogP contribution in [0.2, 0.25) is 0 Å². The standard InChI is InChI=1S/C16H18FNO4S2/c1-11(19)15-8-9-16(23-15)24(20,21)18(2)10-14(22-3)12-4-6-13(17)7-5-12/h4-9,14H,10H2,1-3H3. The third-order valence-electron chi connectivity index (χ3n) is 3.54. The van der Waals surface area contributed by atoms with E-state index in [-0.39, 0.29) is 22.4 Å². The molecule has 24 heavy (non-hydrogen) atoms. The van der Waals surface area contributed by atoms with Crippen LogP contribution >= 0.6 is 11.3 Å². The highest BCUT2D eigenvalue weighted by Gasteiger charge is 2.26. The highest BCUT2D eigenvalue weighted by Crippen LogP contribution is 2.27. The Morgan fingerprint density at radius 3 is 2.38 bits per heavy atom.